The number of piperidine rings is 1. The smallest absolute Gasteiger partial charge is 0.329 e. The zero-order valence-electron chi connectivity index (χ0n) is 11.9. The first kappa shape index (κ1) is 14.2. The van der Waals surface area contributed by atoms with Crippen LogP contribution >= 0.6 is 0 Å². The molecule has 0 bridgehead atoms. The maximum atomic E-state index is 12.6. The fourth-order valence-corrected chi connectivity index (χ4v) is 3.16. The van der Waals surface area contributed by atoms with E-state index in [1.165, 1.54) is 0 Å². The fourth-order valence-electron chi connectivity index (χ4n) is 3.16. The van der Waals surface area contributed by atoms with Gasteiger partial charge in [0, 0.05) is 19.6 Å². The van der Waals surface area contributed by atoms with Gasteiger partial charge in [-0.1, -0.05) is 13.3 Å². The molecule has 2 saturated heterocycles. The van der Waals surface area contributed by atoms with Gasteiger partial charge in [-0.3, -0.25) is 0 Å². The molecule has 2 heterocycles. The molecule has 0 saturated carbocycles. The Labute approximate surface area is 114 Å². The number of likely N-dealkylation sites (tertiary alicyclic amines) is 2. The molecule has 108 valence electrons. The second kappa shape index (κ2) is 5.39. The molecular weight excluding hydrogens is 244 g/mol. The highest BCUT2D eigenvalue weighted by Crippen LogP contribution is 2.31. The monoisotopic (exact) mass is 268 g/mol. The Morgan fingerprint density at radius 2 is 2.05 bits per heavy atom. The standard InChI is InChI=1S/C14H24N2O3/c1-3-11-6-9-15(10-11)13(19)16-8-5-4-7-14(16,2)12(17)18/h11H,3-10H2,1-2H3,(H,17,18). The Morgan fingerprint density at radius 1 is 1.32 bits per heavy atom. The van der Waals surface area contributed by atoms with E-state index in [1.807, 2.05) is 4.90 Å². The van der Waals surface area contributed by atoms with Crippen LogP contribution in [0.1, 0.15) is 46.0 Å². The van der Waals surface area contributed by atoms with Crippen molar-refractivity contribution in [2.24, 2.45) is 5.92 Å². The third-order valence-electron chi connectivity index (χ3n) is 4.72. The Morgan fingerprint density at radius 3 is 2.63 bits per heavy atom. The average Bonchev–Trinajstić information content (AvgIpc) is 2.87. The average molecular weight is 268 g/mol. The predicted octanol–water partition coefficient (Wildman–Crippen LogP) is 2.17. The number of nitrogens with zero attached hydrogens (tertiary/aromatic N) is 2. The van der Waals surface area contributed by atoms with Gasteiger partial charge in [0.1, 0.15) is 5.54 Å². The topological polar surface area (TPSA) is 60.9 Å². The zero-order chi connectivity index (χ0) is 14.0. The maximum Gasteiger partial charge on any atom is 0.329 e. The van der Waals surface area contributed by atoms with Gasteiger partial charge in [-0.05, 0) is 38.5 Å². The van der Waals surface area contributed by atoms with Gasteiger partial charge < -0.3 is 14.9 Å². The van der Waals surface area contributed by atoms with Crippen molar-refractivity contribution in [2.75, 3.05) is 19.6 Å². The number of hydrogen-bond acceptors (Lipinski definition) is 2. The molecule has 5 heteroatoms. The first-order valence-corrected chi connectivity index (χ1v) is 7.29. The Kier molecular flexibility index (Phi) is 4.02. The lowest BCUT2D eigenvalue weighted by molar-refractivity contribution is -0.150. The highest BCUT2D eigenvalue weighted by atomic mass is 16.4. The number of carbonyl (C=O) groups is 2. The number of hydrogen-bond donors (Lipinski definition) is 1. The van der Waals surface area contributed by atoms with Crippen molar-refractivity contribution in [1.29, 1.82) is 0 Å². The van der Waals surface area contributed by atoms with Crippen molar-refractivity contribution in [3.63, 3.8) is 0 Å². The van der Waals surface area contributed by atoms with Crippen LogP contribution in [0.15, 0.2) is 0 Å². The SMILES string of the molecule is CCC1CCN(C(=O)N2CCCCC2(C)C(=O)O)C1. The maximum absolute atomic E-state index is 12.6. The van der Waals surface area contributed by atoms with E-state index in [0.717, 1.165) is 38.8 Å². The lowest BCUT2D eigenvalue weighted by atomic mass is 9.89. The number of urea groups is 1. The van der Waals surface area contributed by atoms with Crippen LogP contribution in [0, 0.1) is 5.92 Å². The summed E-state index contributed by atoms with van der Waals surface area (Å²) in [5.41, 5.74) is -1.03. The largest absolute Gasteiger partial charge is 0.480 e. The molecule has 0 radical (unpaired) electrons. The molecule has 2 amide bonds. The number of amides is 2. The minimum Gasteiger partial charge on any atom is -0.480 e. The molecule has 0 aromatic carbocycles. The van der Waals surface area contributed by atoms with Gasteiger partial charge in [0.15, 0.2) is 0 Å². The van der Waals surface area contributed by atoms with Crippen LogP contribution < -0.4 is 0 Å². The minimum atomic E-state index is -1.03. The number of carbonyl (C=O) groups excluding carboxylic acids is 1. The quantitative estimate of drug-likeness (QED) is 0.835. The lowest BCUT2D eigenvalue weighted by Crippen LogP contribution is -2.60. The summed E-state index contributed by atoms with van der Waals surface area (Å²) in [4.78, 5) is 27.5. The third-order valence-corrected chi connectivity index (χ3v) is 4.72. The number of rotatable bonds is 2. The van der Waals surface area contributed by atoms with Gasteiger partial charge in [-0.2, -0.15) is 0 Å². The second-order valence-corrected chi connectivity index (χ2v) is 5.98. The van der Waals surface area contributed by atoms with Gasteiger partial charge in [-0.15, -0.1) is 0 Å². The van der Waals surface area contributed by atoms with E-state index < -0.39 is 11.5 Å². The van der Waals surface area contributed by atoms with E-state index in [2.05, 4.69) is 6.92 Å². The zero-order valence-corrected chi connectivity index (χ0v) is 11.9. The molecule has 0 aromatic heterocycles. The molecule has 0 aliphatic carbocycles. The van der Waals surface area contributed by atoms with Crippen molar-refractivity contribution in [2.45, 2.75) is 51.5 Å². The molecule has 5 nitrogen and oxygen atoms in total. The van der Waals surface area contributed by atoms with Crippen LogP contribution in [0.25, 0.3) is 0 Å². The van der Waals surface area contributed by atoms with Crippen molar-refractivity contribution in [3.8, 4) is 0 Å². The summed E-state index contributed by atoms with van der Waals surface area (Å²) >= 11 is 0. The third kappa shape index (κ3) is 2.55. The first-order chi connectivity index (χ1) is 8.99. The molecule has 2 aliphatic rings. The van der Waals surface area contributed by atoms with E-state index in [9.17, 15) is 14.7 Å². The van der Waals surface area contributed by atoms with Crippen molar-refractivity contribution < 1.29 is 14.7 Å². The normalized spacial score (nSPS) is 31.6. The second-order valence-electron chi connectivity index (χ2n) is 5.98. The number of carboxylic acid groups (broad SMARTS) is 1. The van der Waals surface area contributed by atoms with Gasteiger partial charge in [-0.25, -0.2) is 9.59 Å². The fraction of sp³-hybridized carbons (Fsp3) is 0.857. The van der Waals surface area contributed by atoms with Gasteiger partial charge in [0.2, 0.25) is 0 Å². The van der Waals surface area contributed by atoms with Crippen LogP contribution in [-0.2, 0) is 4.79 Å². The van der Waals surface area contributed by atoms with Gasteiger partial charge in [0.25, 0.3) is 0 Å². The molecule has 1 N–H and O–H groups in total. The van der Waals surface area contributed by atoms with E-state index in [1.54, 1.807) is 11.8 Å². The molecule has 2 aliphatic heterocycles. The number of aliphatic carboxylic acids is 1. The van der Waals surface area contributed by atoms with Crippen LogP contribution in [0.4, 0.5) is 4.79 Å². The van der Waals surface area contributed by atoms with Crippen molar-refractivity contribution in [3.05, 3.63) is 0 Å². The minimum absolute atomic E-state index is 0.0828. The molecule has 2 rings (SSSR count). The summed E-state index contributed by atoms with van der Waals surface area (Å²) in [5, 5.41) is 9.45. The number of carboxylic acids is 1. The molecular formula is C14H24N2O3. The molecule has 19 heavy (non-hydrogen) atoms. The van der Waals surface area contributed by atoms with E-state index >= 15 is 0 Å². The summed E-state index contributed by atoms with van der Waals surface area (Å²) in [7, 11) is 0. The van der Waals surface area contributed by atoms with Crippen LogP contribution in [0.5, 0.6) is 0 Å². The summed E-state index contributed by atoms with van der Waals surface area (Å²) in [5.74, 6) is -0.309. The van der Waals surface area contributed by atoms with E-state index in [-0.39, 0.29) is 6.03 Å². The highest BCUT2D eigenvalue weighted by Gasteiger charge is 2.45. The molecule has 0 aromatic rings. The first-order valence-electron chi connectivity index (χ1n) is 7.29. The van der Waals surface area contributed by atoms with Crippen LogP contribution in [0.2, 0.25) is 0 Å². The van der Waals surface area contributed by atoms with Crippen molar-refractivity contribution >= 4 is 12.0 Å². The molecule has 2 unspecified atom stereocenters. The predicted molar refractivity (Wildman–Crippen MR) is 72.0 cm³/mol. The van der Waals surface area contributed by atoms with Crippen LogP contribution in [0.3, 0.4) is 0 Å². The lowest BCUT2D eigenvalue weighted by Gasteiger charge is -2.43. The van der Waals surface area contributed by atoms with E-state index in [4.69, 9.17) is 0 Å². The summed E-state index contributed by atoms with van der Waals surface area (Å²) in [6.07, 6.45) is 4.46. The Balaban J connectivity index is 2.10. The molecule has 2 atom stereocenters. The van der Waals surface area contributed by atoms with Gasteiger partial charge in [0.05, 0.1) is 0 Å². The van der Waals surface area contributed by atoms with Crippen molar-refractivity contribution in [1.82, 2.24) is 9.80 Å². The Hall–Kier alpha value is -1.26. The summed E-state index contributed by atoms with van der Waals surface area (Å²) in [6, 6.07) is -0.0828. The molecule has 2 fully saturated rings. The summed E-state index contributed by atoms with van der Waals surface area (Å²) in [6.45, 7) is 5.93. The van der Waals surface area contributed by atoms with Gasteiger partial charge >= 0.3 is 12.0 Å². The summed E-state index contributed by atoms with van der Waals surface area (Å²) < 4.78 is 0. The van der Waals surface area contributed by atoms with E-state index in [0.29, 0.717) is 18.9 Å². The molecule has 0 spiro atoms. The Bertz CT molecular complexity index is 372. The highest BCUT2D eigenvalue weighted by molar-refractivity contribution is 5.86. The van der Waals surface area contributed by atoms with Crippen LogP contribution in [-0.4, -0.2) is 52.1 Å².